The van der Waals surface area contributed by atoms with Crippen LogP contribution in [-0.2, 0) is 0 Å². The molecule has 10 aliphatic rings. The molecule has 29 nitrogen and oxygen atoms in total. The summed E-state index contributed by atoms with van der Waals surface area (Å²) in [5.41, 5.74) is 29.1. The van der Waals surface area contributed by atoms with Gasteiger partial charge in [0.05, 0.1) is 185 Å². The van der Waals surface area contributed by atoms with E-state index < -0.39 is 0 Å². The van der Waals surface area contributed by atoms with Crippen molar-refractivity contribution in [3.8, 4) is 0 Å². The number of aliphatic imine (C=N–C) groups is 1. The normalized spacial score (nSPS) is 21.4. The Balaban J connectivity index is 0.000000124. The lowest BCUT2D eigenvalue weighted by Gasteiger charge is -2.34. The zero-order valence-electron chi connectivity index (χ0n) is 71.1. The van der Waals surface area contributed by atoms with Gasteiger partial charge in [0.1, 0.15) is 6.17 Å². The van der Waals surface area contributed by atoms with Crippen molar-refractivity contribution in [2.75, 3.05) is 69.4 Å². The summed E-state index contributed by atoms with van der Waals surface area (Å²) in [4.78, 5) is 53.5. The third kappa shape index (κ3) is 12.9. The smallest absolute Gasteiger partial charge is 0.100 e. The second-order valence-electron chi connectivity index (χ2n) is 32.5. The van der Waals surface area contributed by atoms with Gasteiger partial charge in [-0.05, 0) is 201 Å². The largest absolute Gasteiger partial charge is 0.344 e. The molecule has 0 saturated carbocycles. The lowest BCUT2D eigenvalue weighted by molar-refractivity contribution is -0.00991. The number of rotatable bonds is 6. The van der Waals surface area contributed by atoms with Gasteiger partial charge in [0.2, 0.25) is 0 Å². The van der Waals surface area contributed by atoms with E-state index in [1.807, 2.05) is 12.2 Å². The average molecular weight is 1520 g/mol. The van der Waals surface area contributed by atoms with Gasteiger partial charge < -0.3 is 29.9 Å². The Morgan fingerprint density at radius 3 is 1.08 bits per heavy atom. The van der Waals surface area contributed by atoms with Crippen LogP contribution < -0.4 is 62.8 Å². The Hall–Kier alpha value is -9.78. The number of nitrogens with one attached hydrogen (secondary N) is 6. The summed E-state index contributed by atoms with van der Waals surface area (Å²) >= 11 is 0. The number of hydrazine groups is 7. The molecule has 12 heterocycles. The van der Waals surface area contributed by atoms with E-state index in [1.165, 1.54) is 95.3 Å². The van der Waals surface area contributed by atoms with Crippen LogP contribution in [0.2, 0.25) is 0 Å². The number of H-pyrrole nitrogens is 6. The molecule has 0 radical (unpaired) electrons. The number of anilines is 4. The highest BCUT2D eigenvalue weighted by atomic mass is 15.9. The maximum atomic E-state index is 4.86. The number of imidazole rings is 6. The number of nitrogens with zero attached hydrogens (tertiary/aromatic N) is 23. The van der Waals surface area contributed by atoms with Gasteiger partial charge in [0, 0.05) is 112 Å². The van der Waals surface area contributed by atoms with Crippen molar-refractivity contribution < 1.29 is 0 Å². The lowest BCUT2D eigenvalue weighted by Crippen LogP contribution is -2.51. The van der Waals surface area contributed by atoms with Gasteiger partial charge in [-0.15, -0.1) is 10.2 Å². The van der Waals surface area contributed by atoms with Gasteiger partial charge in [-0.1, -0.05) is 7.43 Å². The summed E-state index contributed by atoms with van der Waals surface area (Å²) in [6, 6.07) is 3.41. The van der Waals surface area contributed by atoms with Crippen molar-refractivity contribution in [1.82, 2.24) is 105 Å². The van der Waals surface area contributed by atoms with E-state index in [-0.39, 0.29) is 31.7 Å². The number of hydrazone groups is 3. The van der Waals surface area contributed by atoms with E-state index in [0.29, 0.717) is 42.3 Å². The third-order valence-electron chi connectivity index (χ3n) is 23.7. The fraction of sp³-hybridized carbons (Fsp3) is 0.537. The molecule has 0 saturated heterocycles. The van der Waals surface area contributed by atoms with Gasteiger partial charge in [-0.25, -0.2) is 45.3 Å². The molecular formula is C82H123N29. The van der Waals surface area contributed by atoms with E-state index in [9.17, 15) is 0 Å². The van der Waals surface area contributed by atoms with Gasteiger partial charge in [-0.3, -0.25) is 29.9 Å². The molecular weight excluding hydrogens is 1390 g/mol. The molecule has 29 heteroatoms. The first-order valence-electron chi connectivity index (χ1n) is 39.0. The summed E-state index contributed by atoms with van der Waals surface area (Å²) in [5.74, 6) is 0. The number of benzene rings is 2. The van der Waals surface area contributed by atoms with Crippen molar-refractivity contribution in [3.63, 3.8) is 0 Å². The van der Waals surface area contributed by atoms with E-state index >= 15 is 0 Å². The highest BCUT2D eigenvalue weighted by Crippen LogP contribution is 2.48. The molecule has 0 bridgehead atoms. The van der Waals surface area contributed by atoms with Crippen molar-refractivity contribution in [2.24, 2.45) is 20.3 Å². The minimum Gasteiger partial charge on any atom is -0.344 e. The predicted octanol–water partition coefficient (Wildman–Crippen LogP) is 6.67. The number of aryl methyl sites for hydroxylation is 4. The molecule has 0 fully saturated rings. The standard InChI is InChI=1S/2C14H21N5.C14H20N4.3C13H19N5.CH4/c1-8(2)19-14-10(4)12-11(15-7-16-12)9(3)13(14)17(5)18(19)6;1-8(2)19-17(5)13-9(3)11-12(16-7-15-11)10(4)14(13)18(19)6;1-7(2)18-10(5)17-13-8(3)11-12(16-6-15-11)9(4)14(13)18;1-7(2)18-13-9(4)11-10(14-6-15-11)8(3)12(13)16-17(18)5;2*1-7(2)18-16-12-8(3)10-11(15-6-14-10)9(4)13(12)17(18)5;/h2*7-8H,1-6H3,(H,15,16);6-7,10,14H,1-5H3,(H,15,16);3*6-7,13H,1-5H3,(H,14,15);1H4. The number of aromatic nitrogens is 12. The molecule has 6 aromatic heterocycles. The Bertz CT molecular complexity index is 5320. The topological polar surface area (TPSA) is 264 Å². The van der Waals surface area contributed by atoms with Gasteiger partial charge in [-0.2, -0.15) is 30.3 Å². The maximum absolute atomic E-state index is 4.86. The van der Waals surface area contributed by atoms with Crippen LogP contribution in [0.15, 0.2) is 58.3 Å². The molecule has 0 spiro atoms. The molecule has 4 aliphatic carbocycles. The van der Waals surface area contributed by atoms with Crippen molar-refractivity contribution in [3.05, 3.63) is 103 Å². The van der Waals surface area contributed by atoms with Crippen molar-refractivity contribution >= 4 is 112 Å². The Kier molecular flexibility index (Phi) is 22.1. The first-order chi connectivity index (χ1) is 52.0. The number of fused-ring (bicyclic) bond motifs is 12. The molecule has 596 valence electrons. The lowest BCUT2D eigenvalue weighted by atomic mass is 9.92. The molecule has 5 unspecified atom stereocenters. The fourth-order valence-corrected chi connectivity index (χ4v) is 18.6. The molecule has 5 atom stereocenters. The van der Waals surface area contributed by atoms with Crippen LogP contribution in [0.1, 0.15) is 175 Å². The van der Waals surface area contributed by atoms with E-state index in [0.717, 1.165) is 82.0 Å². The first-order valence-corrected chi connectivity index (χ1v) is 39.0. The second-order valence-corrected chi connectivity index (χ2v) is 32.5. The Morgan fingerprint density at radius 1 is 0.351 bits per heavy atom. The second kappa shape index (κ2) is 30.4. The molecule has 8 aromatic rings. The summed E-state index contributed by atoms with van der Waals surface area (Å²) in [6.07, 6.45) is 10.9. The SMILES string of the molecule is C.CC1=c2nc[nH]c2=C(C)C2=NC(C)N(C(C)C)C21.CC1=c2nc[nH]c2=C(C)C2=NN(C(C)C)N(C)C21.CC1=c2nc[nH]c2=C(C)C2=NN(C(C)C)N(C)C21.CC1=c2nc[nH]c2=C(C)C2=NN(C)N(C(C)C)C21.Cc1c2c(c(C)c3[nH]cnc13)N(C(C)C)N(C)N2C.Cc1c2c(c(C)c3[nH]cnc13)N(C)N(C(C)C)N2C. The minimum atomic E-state index is 0. The number of hydrogen-bond acceptors (Lipinski definition) is 23. The molecule has 6 N–H and O–H groups in total. The predicted molar refractivity (Wildman–Crippen MR) is 455 cm³/mol. The van der Waals surface area contributed by atoms with Crippen LogP contribution in [0, 0.1) is 27.7 Å². The molecule has 0 amide bonds. The van der Waals surface area contributed by atoms with Gasteiger partial charge in [0.25, 0.3) is 0 Å². The Morgan fingerprint density at radius 2 is 0.703 bits per heavy atom. The highest BCUT2D eigenvalue weighted by molar-refractivity contribution is 6.27. The zero-order valence-corrected chi connectivity index (χ0v) is 71.1. The van der Waals surface area contributed by atoms with E-state index in [1.54, 1.807) is 38.0 Å². The number of hydrogen-bond donors (Lipinski definition) is 6. The average Bonchev–Trinajstić information content (AvgIpc) is 1.55. The molecule has 111 heavy (non-hydrogen) atoms. The quantitative estimate of drug-likeness (QED) is 0.101. The summed E-state index contributed by atoms with van der Waals surface area (Å²) in [7, 11) is 14.6. The van der Waals surface area contributed by atoms with Crippen LogP contribution >= 0.6 is 0 Å². The molecule has 2 aromatic carbocycles. The first kappa shape index (κ1) is 80.7. The van der Waals surface area contributed by atoms with Gasteiger partial charge in [0.15, 0.2) is 0 Å². The van der Waals surface area contributed by atoms with Crippen LogP contribution in [0.25, 0.3) is 66.7 Å². The van der Waals surface area contributed by atoms with Crippen molar-refractivity contribution in [1.29, 1.82) is 0 Å². The fourth-order valence-electron chi connectivity index (χ4n) is 18.6. The highest BCUT2D eigenvalue weighted by Gasteiger charge is 2.44. The van der Waals surface area contributed by atoms with Gasteiger partial charge >= 0.3 is 0 Å². The van der Waals surface area contributed by atoms with E-state index in [4.69, 9.17) is 20.3 Å². The summed E-state index contributed by atoms with van der Waals surface area (Å²) in [5, 5.41) is 49.3. The molecule has 18 rings (SSSR count). The maximum Gasteiger partial charge on any atom is 0.100 e. The van der Waals surface area contributed by atoms with Crippen LogP contribution in [0.3, 0.4) is 0 Å². The zero-order chi connectivity index (χ0) is 79.9. The minimum absolute atomic E-state index is 0. The van der Waals surface area contributed by atoms with Crippen LogP contribution in [-0.4, -0.2) is 244 Å². The summed E-state index contributed by atoms with van der Waals surface area (Å²) < 4.78 is 0. The number of aromatic amines is 6. The van der Waals surface area contributed by atoms with Crippen LogP contribution in [0.4, 0.5) is 22.7 Å². The van der Waals surface area contributed by atoms with E-state index in [2.05, 4.69) is 336 Å². The van der Waals surface area contributed by atoms with Crippen LogP contribution in [0.5, 0.6) is 0 Å². The van der Waals surface area contributed by atoms with Crippen molar-refractivity contribution in [2.45, 2.75) is 247 Å². The Labute approximate surface area is 654 Å². The monoisotopic (exact) mass is 1510 g/mol. The molecule has 6 aliphatic heterocycles. The third-order valence-corrected chi connectivity index (χ3v) is 23.7. The summed E-state index contributed by atoms with van der Waals surface area (Å²) in [6.45, 7) is 54.2.